The standard InChI is InChI=1S/C11H6BrF3N2/c12-6-1-2-10(16-5-6)17-7-3-8(13)11(15)9(14)4-7/h1-5H,(H,16,17). The Morgan fingerprint density at radius 2 is 1.71 bits per heavy atom. The third kappa shape index (κ3) is 2.76. The molecule has 17 heavy (non-hydrogen) atoms. The van der Waals surface area contributed by atoms with E-state index < -0.39 is 17.5 Å². The van der Waals surface area contributed by atoms with E-state index in [1.165, 1.54) is 6.20 Å². The third-order valence-corrected chi connectivity index (χ3v) is 2.45. The predicted molar refractivity (Wildman–Crippen MR) is 61.5 cm³/mol. The minimum Gasteiger partial charge on any atom is -0.340 e. The number of rotatable bonds is 2. The van der Waals surface area contributed by atoms with Crippen molar-refractivity contribution in [1.82, 2.24) is 4.98 Å². The van der Waals surface area contributed by atoms with Gasteiger partial charge in [-0.2, -0.15) is 0 Å². The number of aromatic nitrogens is 1. The molecule has 0 radical (unpaired) electrons. The molecule has 0 fully saturated rings. The van der Waals surface area contributed by atoms with Crippen LogP contribution in [0.1, 0.15) is 0 Å². The summed E-state index contributed by atoms with van der Waals surface area (Å²) in [5.74, 6) is -3.58. The summed E-state index contributed by atoms with van der Waals surface area (Å²) in [6, 6.07) is 5.05. The maximum absolute atomic E-state index is 12.9. The lowest BCUT2D eigenvalue weighted by molar-refractivity contribution is 0.448. The van der Waals surface area contributed by atoms with Crippen molar-refractivity contribution in [2.45, 2.75) is 0 Å². The smallest absolute Gasteiger partial charge is 0.194 e. The lowest BCUT2D eigenvalue weighted by atomic mass is 10.3. The van der Waals surface area contributed by atoms with Gasteiger partial charge in [-0.05, 0) is 28.1 Å². The van der Waals surface area contributed by atoms with Crippen LogP contribution >= 0.6 is 15.9 Å². The Hall–Kier alpha value is -1.56. The molecular weight excluding hydrogens is 297 g/mol. The van der Waals surface area contributed by atoms with E-state index in [4.69, 9.17) is 0 Å². The van der Waals surface area contributed by atoms with Crippen molar-refractivity contribution in [3.63, 3.8) is 0 Å². The molecule has 0 aliphatic rings. The number of nitrogens with one attached hydrogen (secondary N) is 1. The summed E-state index contributed by atoms with van der Waals surface area (Å²) in [6.07, 6.45) is 1.53. The molecular formula is C11H6BrF3N2. The van der Waals surface area contributed by atoms with Gasteiger partial charge in [-0.25, -0.2) is 18.2 Å². The molecule has 0 saturated carbocycles. The van der Waals surface area contributed by atoms with E-state index in [0.717, 1.165) is 16.6 Å². The molecule has 6 heteroatoms. The molecule has 0 saturated heterocycles. The summed E-state index contributed by atoms with van der Waals surface area (Å²) < 4.78 is 39.3. The molecule has 0 aliphatic carbocycles. The van der Waals surface area contributed by atoms with Gasteiger partial charge in [0.1, 0.15) is 5.82 Å². The van der Waals surface area contributed by atoms with Crippen LogP contribution in [0.25, 0.3) is 0 Å². The molecule has 1 N–H and O–H groups in total. The van der Waals surface area contributed by atoms with Gasteiger partial charge in [0.15, 0.2) is 17.5 Å². The van der Waals surface area contributed by atoms with Crippen molar-refractivity contribution in [1.29, 1.82) is 0 Å². The SMILES string of the molecule is Fc1cc(Nc2ccc(Br)cn2)cc(F)c1F. The topological polar surface area (TPSA) is 24.9 Å². The first-order valence-corrected chi connectivity index (χ1v) is 5.38. The summed E-state index contributed by atoms with van der Waals surface area (Å²) in [7, 11) is 0. The van der Waals surface area contributed by atoms with Gasteiger partial charge in [0.25, 0.3) is 0 Å². The van der Waals surface area contributed by atoms with Crippen LogP contribution in [0.5, 0.6) is 0 Å². The number of hydrogen-bond acceptors (Lipinski definition) is 2. The molecule has 2 aromatic rings. The van der Waals surface area contributed by atoms with Gasteiger partial charge in [-0.15, -0.1) is 0 Å². The number of nitrogens with zero attached hydrogens (tertiary/aromatic N) is 1. The molecule has 2 nitrogen and oxygen atoms in total. The fourth-order valence-electron chi connectivity index (χ4n) is 1.23. The Labute approximate surface area is 104 Å². The Bertz CT molecular complexity index is 520. The lowest BCUT2D eigenvalue weighted by Crippen LogP contribution is -1.97. The Kier molecular flexibility index (Phi) is 3.33. The zero-order valence-corrected chi connectivity index (χ0v) is 9.93. The second-order valence-electron chi connectivity index (χ2n) is 3.24. The predicted octanol–water partition coefficient (Wildman–Crippen LogP) is 4.01. The second-order valence-corrected chi connectivity index (χ2v) is 4.16. The van der Waals surface area contributed by atoms with Crippen molar-refractivity contribution in [2.75, 3.05) is 5.32 Å². The quantitative estimate of drug-likeness (QED) is 0.848. The number of benzene rings is 1. The molecule has 0 bridgehead atoms. The van der Waals surface area contributed by atoms with Gasteiger partial charge in [-0.3, -0.25) is 0 Å². The molecule has 2 rings (SSSR count). The summed E-state index contributed by atoms with van der Waals surface area (Å²) in [5, 5.41) is 2.66. The van der Waals surface area contributed by atoms with Crippen molar-refractivity contribution >= 4 is 27.4 Å². The molecule has 1 aromatic carbocycles. The number of anilines is 2. The monoisotopic (exact) mass is 302 g/mol. The van der Waals surface area contributed by atoms with E-state index in [0.29, 0.717) is 5.82 Å². The van der Waals surface area contributed by atoms with Crippen LogP contribution in [0.4, 0.5) is 24.7 Å². The fourth-order valence-corrected chi connectivity index (χ4v) is 1.46. The average molecular weight is 303 g/mol. The zero-order chi connectivity index (χ0) is 12.4. The maximum Gasteiger partial charge on any atom is 0.194 e. The minimum atomic E-state index is -1.49. The maximum atomic E-state index is 12.9. The Morgan fingerprint density at radius 3 is 2.24 bits per heavy atom. The van der Waals surface area contributed by atoms with E-state index >= 15 is 0 Å². The van der Waals surface area contributed by atoms with Crippen molar-refractivity contribution in [3.8, 4) is 0 Å². The first-order valence-electron chi connectivity index (χ1n) is 4.59. The third-order valence-electron chi connectivity index (χ3n) is 1.98. The van der Waals surface area contributed by atoms with Crippen molar-refractivity contribution in [2.24, 2.45) is 0 Å². The Morgan fingerprint density at radius 1 is 1.06 bits per heavy atom. The van der Waals surface area contributed by atoms with Crippen molar-refractivity contribution in [3.05, 3.63) is 52.4 Å². The van der Waals surface area contributed by atoms with Gasteiger partial charge in [0.05, 0.1) is 0 Å². The molecule has 0 atom stereocenters. The first kappa shape index (κ1) is 11.9. The van der Waals surface area contributed by atoms with Crippen LogP contribution in [0, 0.1) is 17.5 Å². The normalized spacial score (nSPS) is 10.4. The summed E-state index contributed by atoms with van der Waals surface area (Å²) in [4.78, 5) is 3.96. The molecule has 0 amide bonds. The van der Waals surface area contributed by atoms with Crippen LogP contribution in [-0.4, -0.2) is 4.98 Å². The van der Waals surface area contributed by atoms with E-state index in [1.807, 2.05) is 0 Å². The number of hydrogen-bond donors (Lipinski definition) is 1. The molecule has 0 unspecified atom stereocenters. The van der Waals surface area contributed by atoms with Crippen LogP contribution in [0.15, 0.2) is 34.9 Å². The zero-order valence-electron chi connectivity index (χ0n) is 8.35. The lowest BCUT2D eigenvalue weighted by Gasteiger charge is -2.06. The molecule has 0 spiro atoms. The number of halogens is 4. The summed E-state index contributed by atoms with van der Waals surface area (Å²) in [6.45, 7) is 0. The minimum absolute atomic E-state index is 0.0937. The van der Waals surface area contributed by atoms with Gasteiger partial charge in [0, 0.05) is 28.5 Å². The summed E-state index contributed by atoms with van der Waals surface area (Å²) >= 11 is 3.20. The van der Waals surface area contributed by atoms with E-state index in [2.05, 4.69) is 26.2 Å². The highest BCUT2D eigenvalue weighted by atomic mass is 79.9. The van der Waals surface area contributed by atoms with Crippen LogP contribution in [0.3, 0.4) is 0 Å². The highest BCUT2D eigenvalue weighted by Crippen LogP contribution is 2.21. The van der Waals surface area contributed by atoms with Gasteiger partial charge in [-0.1, -0.05) is 0 Å². The van der Waals surface area contributed by atoms with Gasteiger partial charge < -0.3 is 5.32 Å². The van der Waals surface area contributed by atoms with Crippen LogP contribution < -0.4 is 5.32 Å². The van der Waals surface area contributed by atoms with Crippen LogP contribution in [-0.2, 0) is 0 Å². The van der Waals surface area contributed by atoms with Crippen molar-refractivity contribution < 1.29 is 13.2 Å². The van der Waals surface area contributed by atoms with Gasteiger partial charge >= 0.3 is 0 Å². The fraction of sp³-hybridized carbons (Fsp3) is 0. The van der Waals surface area contributed by atoms with Gasteiger partial charge in [0.2, 0.25) is 0 Å². The molecule has 88 valence electrons. The molecule has 1 aromatic heterocycles. The average Bonchev–Trinajstić information content (AvgIpc) is 2.29. The number of pyridine rings is 1. The van der Waals surface area contributed by atoms with E-state index in [1.54, 1.807) is 12.1 Å². The van der Waals surface area contributed by atoms with E-state index in [9.17, 15) is 13.2 Å². The van der Waals surface area contributed by atoms with Crippen LogP contribution in [0.2, 0.25) is 0 Å². The second kappa shape index (κ2) is 4.75. The summed E-state index contributed by atoms with van der Waals surface area (Å²) in [5.41, 5.74) is 0.0937. The molecule has 0 aliphatic heterocycles. The molecule has 1 heterocycles. The largest absolute Gasteiger partial charge is 0.340 e. The highest BCUT2D eigenvalue weighted by molar-refractivity contribution is 9.10. The Balaban J connectivity index is 2.27. The highest BCUT2D eigenvalue weighted by Gasteiger charge is 2.10. The van der Waals surface area contributed by atoms with E-state index in [-0.39, 0.29) is 5.69 Å². The first-order chi connectivity index (χ1) is 8.06.